The first-order valence-electron chi connectivity index (χ1n) is 7.91. The van der Waals surface area contributed by atoms with Crippen molar-refractivity contribution in [2.75, 3.05) is 5.32 Å². The van der Waals surface area contributed by atoms with Gasteiger partial charge in [0.05, 0.1) is 5.69 Å². The zero-order valence-corrected chi connectivity index (χ0v) is 13.1. The van der Waals surface area contributed by atoms with E-state index >= 15 is 0 Å². The highest BCUT2D eigenvalue weighted by molar-refractivity contribution is 6.01. The van der Waals surface area contributed by atoms with Gasteiger partial charge in [-0.25, -0.2) is 18.4 Å². The number of nitrogens with one attached hydrogen (secondary N) is 1. The van der Waals surface area contributed by atoms with Gasteiger partial charge in [0.2, 0.25) is 5.82 Å². The molecular weight excluding hydrogens is 326 g/mol. The Morgan fingerprint density at radius 2 is 1.72 bits per heavy atom. The van der Waals surface area contributed by atoms with Gasteiger partial charge in [-0.3, -0.25) is 4.79 Å². The number of para-hydroxylation sites is 2. The Morgan fingerprint density at radius 3 is 2.36 bits per heavy atom. The Kier molecular flexibility index (Phi) is 3.76. The molecule has 5 nitrogen and oxygen atoms in total. The van der Waals surface area contributed by atoms with Crippen LogP contribution in [0, 0.1) is 11.6 Å². The van der Waals surface area contributed by atoms with E-state index in [9.17, 15) is 13.6 Å². The Hall–Kier alpha value is -3.09. The third kappa shape index (κ3) is 3.00. The minimum absolute atomic E-state index is 0.117. The molecule has 7 heteroatoms. The highest BCUT2D eigenvalue weighted by atomic mass is 19.1. The molecule has 1 fully saturated rings. The summed E-state index contributed by atoms with van der Waals surface area (Å²) < 4.78 is 29.0. The van der Waals surface area contributed by atoms with E-state index in [1.54, 1.807) is 4.68 Å². The van der Waals surface area contributed by atoms with Gasteiger partial charge in [-0.05, 0) is 37.1 Å². The van der Waals surface area contributed by atoms with Gasteiger partial charge in [0, 0.05) is 5.92 Å². The lowest BCUT2D eigenvalue weighted by Crippen LogP contribution is -2.16. The number of halogens is 2. The summed E-state index contributed by atoms with van der Waals surface area (Å²) in [5, 5.41) is 6.46. The standard InChI is InChI=1S/C18H14F2N4O/c19-13-7-4-8-14(20)15(13)21-18(25)16-22-17(11-9-10-11)24(23-16)12-5-2-1-3-6-12/h1-8,11H,9-10H2,(H,21,25). The Labute approximate surface area is 142 Å². The van der Waals surface area contributed by atoms with Crippen molar-refractivity contribution in [1.29, 1.82) is 0 Å². The first-order chi connectivity index (χ1) is 12.1. The van der Waals surface area contributed by atoms with Crippen molar-refractivity contribution in [2.45, 2.75) is 18.8 Å². The predicted molar refractivity (Wildman–Crippen MR) is 87.6 cm³/mol. The van der Waals surface area contributed by atoms with E-state index in [2.05, 4.69) is 15.4 Å². The quantitative estimate of drug-likeness (QED) is 0.788. The van der Waals surface area contributed by atoms with E-state index in [1.807, 2.05) is 30.3 Å². The maximum absolute atomic E-state index is 13.7. The molecule has 126 valence electrons. The first-order valence-corrected chi connectivity index (χ1v) is 7.91. The first kappa shape index (κ1) is 15.4. The third-order valence-corrected chi connectivity index (χ3v) is 3.98. The molecule has 4 rings (SSSR count). The van der Waals surface area contributed by atoms with Crippen LogP contribution in [0.5, 0.6) is 0 Å². The van der Waals surface area contributed by atoms with Crippen LogP contribution in [0.15, 0.2) is 48.5 Å². The molecule has 2 aromatic carbocycles. The lowest BCUT2D eigenvalue weighted by Gasteiger charge is -2.05. The third-order valence-electron chi connectivity index (χ3n) is 3.98. The van der Waals surface area contributed by atoms with Gasteiger partial charge in [0.15, 0.2) is 0 Å². The van der Waals surface area contributed by atoms with Crippen LogP contribution in [0.25, 0.3) is 5.69 Å². The molecule has 0 saturated heterocycles. The highest BCUT2D eigenvalue weighted by Gasteiger charge is 2.31. The minimum Gasteiger partial charge on any atom is -0.314 e. The van der Waals surface area contributed by atoms with Crippen LogP contribution in [-0.4, -0.2) is 20.7 Å². The van der Waals surface area contributed by atoms with E-state index in [4.69, 9.17) is 0 Å². The van der Waals surface area contributed by atoms with Crippen LogP contribution >= 0.6 is 0 Å². The number of hydrogen-bond acceptors (Lipinski definition) is 3. The molecule has 1 aromatic heterocycles. The van der Waals surface area contributed by atoms with Crippen LogP contribution in [0.3, 0.4) is 0 Å². The summed E-state index contributed by atoms with van der Waals surface area (Å²) in [6.07, 6.45) is 1.96. The van der Waals surface area contributed by atoms with Crippen molar-refractivity contribution >= 4 is 11.6 Å². The number of hydrogen-bond donors (Lipinski definition) is 1. The van der Waals surface area contributed by atoms with Crippen molar-refractivity contribution in [2.24, 2.45) is 0 Å². The largest absolute Gasteiger partial charge is 0.314 e. The molecule has 0 aliphatic heterocycles. The molecule has 1 aliphatic rings. The van der Waals surface area contributed by atoms with E-state index in [-0.39, 0.29) is 11.7 Å². The van der Waals surface area contributed by atoms with Crippen LogP contribution in [0.2, 0.25) is 0 Å². The molecule has 1 N–H and O–H groups in total. The van der Waals surface area contributed by atoms with Gasteiger partial charge in [0.1, 0.15) is 23.1 Å². The average molecular weight is 340 g/mol. The zero-order chi connectivity index (χ0) is 17.4. The molecule has 0 atom stereocenters. The van der Waals surface area contributed by atoms with E-state index in [0.29, 0.717) is 5.82 Å². The summed E-state index contributed by atoms with van der Waals surface area (Å²) in [6.45, 7) is 0. The van der Waals surface area contributed by atoms with Crippen LogP contribution < -0.4 is 5.32 Å². The summed E-state index contributed by atoms with van der Waals surface area (Å²) in [6, 6.07) is 12.7. The van der Waals surface area contributed by atoms with Gasteiger partial charge in [-0.1, -0.05) is 24.3 Å². The van der Waals surface area contributed by atoms with Crippen molar-refractivity contribution in [3.63, 3.8) is 0 Å². The van der Waals surface area contributed by atoms with E-state index < -0.39 is 23.2 Å². The van der Waals surface area contributed by atoms with Gasteiger partial charge < -0.3 is 5.32 Å². The summed E-state index contributed by atoms with van der Waals surface area (Å²) in [4.78, 5) is 16.7. The predicted octanol–water partition coefficient (Wildman–Crippen LogP) is 3.68. The van der Waals surface area contributed by atoms with E-state index in [0.717, 1.165) is 30.7 Å². The van der Waals surface area contributed by atoms with Gasteiger partial charge in [0.25, 0.3) is 5.91 Å². The molecular formula is C18H14F2N4O. The summed E-state index contributed by atoms with van der Waals surface area (Å²) >= 11 is 0. The molecule has 3 aromatic rings. The highest BCUT2D eigenvalue weighted by Crippen LogP contribution is 2.39. The van der Waals surface area contributed by atoms with Crippen LogP contribution in [0.1, 0.15) is 35.2 Å². The summed E-state index contributed by atoms with van der Waals surface area (Å²) in [5.74, 6) is -1.63. The number of carbonyl (C=O) groups excluding carboxylic acids is 1. The number of benzene rings is 2. The second-order valence-electron chi connectivity index (χ2n) is 5.87. The number of rotatable bonds is 4. The number of nitrogens with zero attached hydrogens (tertiary/aromatic N) is 3. The average Bonchev–Trinajstić information content (AvgIpc) is 3.37. The second kappa shape index (κ2) is 6.08. The van der Waals surface area contributed by atoms with Crippen LogP contribution in [-0.2, 0) is 0 Å². The Balaban J connectivity index is 1.68. The van der Waals surface area contributed by atoms with Gasteiger partial charge >= 0.3 is 0 Å². The lowest BCUT2D eigenvalue weighted by molar-refractivity contribution is 0.101. The SMILES string of the molecule is O=C(Nc1c(F)cccc1F)c1nc(C2CC2)n(-c2ccccc2)n1. The molecule has 0 spiro atoms. The molecule has 1 saturated carbocycles. The summed E-state index contributed by atoms with van der Waals surface area (Å²) in [7, 11) is 0. The molecule has 25 heavy (non-hydrogen) atoms. The molecule has 1 amide bonds. The number of carbonyl (C=O) groups is 1. The Bertz CT molecular complexity index is 915. The zero-order valence-electron chi connectivity index (χ0n) is 13.1. The smallest absolute Gasteiger partial charge is 0.295 e. The maximum Gasteiger partial charge on any atom is 0.295 e. The fourth-order valence-corrected chi connectivity index (χ4v) is 2.57. The van der Waals surface area contributed by atoms with Crippen molar-refractivity contribution in [3.05, 3.63) is 71.8 Å². The number of anilines is 1. The van der Waals surface area contributed by atoms with Crippen molar-refractivity contribution in [3.8, 4) is 5.69 Å². The topological polar surface area (TPSA) is 59.8 Å². The monoisotopic (exact) mass is 340 g/mol. The number of amides is 1. The van der Waals surface area contributed by atoms with E-state index in [1.165, 1.54) is 6.07 Å². The number of aromatic nitrogens is 3. The second-order valence-corrected chi connectivity index (χ2v) is 5.87. The normalized spacial score (nSPS) is 13.7. The fourth-order valence-electron chi connectivity index (χ4n) is 2.57. The fraction of sp³-hybridized carbons (Fsp3) is 0.167. The molecule has 0 unspecified atom stereocenters. The summed E-state index contributed by atoms with van der Waals surface area (Å²) in [5.41, 5.74) is 0.282. The minimum atomic E-state index is -0.849. The molecule has 1 aliphatic carbocycles. The van der Waals surface area contributed by atoms with Gasteiger partial charge in [-0.2, -0.15) is 0 Å². The maximum atomic E-state index is 13.7. The molecule has 0 bridgehead atoms. The van der Waals surface area contributed by atoms with Crippen molar-refractivity contribution in [1.82, 2.24) is 14.8 Å². The van der Waals surface area contributed by atoms with Gasteiger partial charge in [-0.15, -0.1) is 5.10 Å². The lowest BCUT2D eigenvalue weighted by atomic mass is 10.3. The van der Waals surface area contributed by atoms with Crippen LogP contribution in [0.4, 0.5) is 14.5 Å². The Morgan fingerprint density at radius 1 is 1.04 bits per heavy atom. The van der Waals surface area contributed by atoms with Crippen molar-refractivity contribution < 1.29 is 13.6 Å². The molecule has 1 heterocycles. The molecule has 0 radical (unpaired) electrons.